The number of nitrogens with one attached hydrogen (secondary N) is 1. The zero-order chi connectivity index (χ0) is 22.0. The minimum atomic E-state index is -3.69. The maximum atomic E-state index is 12.7. The SMILES string of the molecule is Cc1ccc(-c2nc(CS(=O)(=O)CC(=O)NC3CCCc4ccccc43)c(C)o2)cc1. The number of aryl methyl sites for hydroxylation is 3. The van der Waals surface area contributed by atoms with Gasteiger partial charge in [0, 0.05) is 5.56 Å². The average molecular weight is 439 g/mol. The molecule has 1 aliphatic rings. The predicted molar refractivity (Wildman–Crippen MR) is 119 cm³/mol. The first-order chi connectivity index (χ1) is 14.8. The molecule has 0 radical (unpaired) electrons. The van der Waals surface area contributed by atoms with E-state index < -0.39 is 21.5 Å². The number of benzene rings is 2. The zero-order valence-corrected chi connectivity index (χ0v) is 18.5. The Balaban J connectivity index is 1.43. The number of aromatic nitrogens is 1. The van der Waals surface area contributed by atoms with Gasteiger partial charge in [0.2, 0.25) is 11.8 Å². The molecule has 0 bridgehead atoms. The third-order valence-electron chi connectivity index (χ3n) is 5.60. The van der Waals surface area contributed by atoms with Gasteiger partial charge in [0.05, 0.1) is 17.5 Å². The smallest absolute Gasteiger partial charge is 0.235 e. The van der Waals surface area contributed by atoms with Crippen LogP contribution >= 0.6 is 0 Å². The molecule has 3 aromatic rings. The van der Waals surface area contributed by atoms with Gasteiger partial charge in [-0.25, -0.2) is 13.4 Å². The van der Waals surface area contributed by atoms with Gasteiger partial charge in [-0.3, -0.25) is 4.79 Å². The molecule has 1 aliphatic carbocycles. The standard InChI is InChI=1S/C24H26N2O4S/c1-16-10-12-19(13-11-16)24-26-22(17(2)30-24)14-31(28,29)15-23(27)25-21-9-5-7-18-6-3-4-8-20(18)21/h3-4,6,8,10-13,21H,5,7,9,14-15H2,1-2H3,(H,25,27). The maximum absolute atomic E-state index is 12.7. The summed E-state index contributed by atoms with van der Waals surface area (Å²) in [4.78, 5) is 16.9. The summed E-state index contributed by atoms with van der Waals surface area (Å²) in [6.07, 6.45) is 2.76. The second-order valence-corrected chi connectivity index (χ2v) is 10.2. The van der Waals surface area contributed by atoms with Crippen LogP contribution in [0, 0.1) is 13.8 Å². The third kappa shape index (κ3) is 5.05. The number of hydrogen-bond acceptors (Lipinski definition) is 5. The highest BCUT2D eigenvalue weighted by Gasteiger charge is 2.26. The van der Waals surface area contributed by atoms with Crippen molar-refractivity contribution >= 4 is 15.7 Å². The van der Waals surface area contributed by atoms with Crippen LogP contribution < -0.4 is 5.32 Å². The van der Waals surface area contributed by atoms with Crippen molar-refractivity contribution in [3.05, 3.63) is 76.7 Å². The topological polar surface area (TPSA) is 89.3 Å². The summed E-state index contributed by atoms with van der Waals surface area (Å²) in [6, 6.07) is 15.5. The summed E-state index contributed by atoms with van der Waals surface area (Å²) in [5.74, 6) is -0.561. The van der Waals surface area contributed by atoms with Crippen molar-refractivity contribution < 1.29 is 17.6 Å². The molecule has 0 saturated heterocycles. The number of oxazole rings is 1. The van der Waals surface area contributed by atoms with Gasteiger partial charge in [-0.05, 0) is 56.4 Å². The molecule has 2 aromatic carbocycles. The highest BCUT2D eigenvalue weighted by Crippen LogP contribution is 2.29. The van der Waals surface area contributed by atoms with Crippen LogP contribution in [0.2, 0.25) is 0 Å². The maximum Gasteiger partial charge on any atom is 0.235 e. The van der Waals surface area contributed by atoms with Gasteiger partial charge in [0.25, 0.3) is 0 Å². The van der Waals surface area contributed by atoms with E-state index in [-0.39, 0.29) is 11.8 Å². The molecule has 162 valence electrons. The molecule has 1 heterocycles. The normalized spacial score (nSPS) is 16.0. The van der Waals surface area contributed by atoms with E-state index in [1.807, 2.05) is 49.4 Å². The van der Waals surface area contributed by atoms with E-state index in [4.69, 9.17) is 4.42 Å². The molecule has 31 heavy (non-hydrogen) atoms. The third-order valence-corrected chi connectivity index (χ3v) is 7.02. The Morgan fingerprint density at radius 3 is 2.65 bits per heavy atom. The Morgan fingerprint density at radius 1 is 1.13 bits per heavy atom. The molecule has 0 saturated carbocycles. The van der Waals surface area contributed by atoms with Crippen LogP contribution in [-0.2, 0) is 26.8 Å². The first-order valence-electron chi connectivity index (χ1n) is 10.4. The fourth-order valence-corrected chi connectivity index (χ4v) is 5.25. The Labute approximate surface area is 182 Å². The molecular weight excluding hydrogens is 412 g/mol. The summed E-state index contributed by atoms with van der Waals surface area (Å²) in [5.41, 5.74) is 4.53. The average Bonchev–Trinajstić information content (AvgIpc) is 3.08. The number of fused-ring (bicyclic) bond motifs is 1. The number of sulfone groups is 1. The van der Waals surface area contributed by atoms with E-state index in [0.29, 0.717) is 17.3 Å². The zero-order valence-electron chi connectivity index (χ0n) is 17.7. The molecule has 0 spiro atoms. The molecule has 6 nitrogen and oxygen atoms in total. The number of hydrogen-bond donors (Lipinski definition) is 1. The van der Waals surface area contributed by atoms with Gasteiger partial charge >= 0.3 is 0 Å². The Kier molecular flexibility index (Phi) is 5.96. The molecule has 1 unspecified atom stereocenters. The first-order valence-corrected chi connectivity index (χ1v) is 12.2. The van der Waals surface area contributed by atoms with E-state index in [1.165, 1.54) is 5.56 Å². The predicted octanol–water partition coefficient (Wildman–Crippen LogP) is 4.07. The van der Waals surface area contributed by atoms with Crippen LogP contribution in [0.4, 0.5) is 0 Å². The molecule has 1 amide bonds. The lowest BCUT2D eigenvalue weighted by Gasteiger charge is -2.26. The van der Waals surface area contributed by atoms with Crippen molar-refractivity contribution in [2.75, 3.05) is 5.75 Å². The van der Waals surface area contributed by atoms with Crippen molar-refractivity contribution in [1.82, 2.24) is 10.3 Å². The number of carbonyl (C=O) groups excluding carboxylic acids is 1. The summed E-state index contributed by atoms with van der Waals surface area (Å²) < 4.78 is 31.1. The Hall–Kier alpha value is -2.93. The number of rotatable bonds is 6. The molecular formula is C24H26N2O4S. The minimum absolute atomic E-state index is 0.144. The Bertz CT molecular complexity index is 1200. The minimum Gasteiger partial charge on any atom is -0.441 e. The summed E-state index contributed by atoms with van der Waals surface area (Å²) >= 11 is 0. The lowest BCUT2D eigenvalue weighted by Crippen LogP contribution is -2.35. The highest BCUT2D eigenvalue weighted by molar-refractivity contribution is 7.91. The van der Waals surface area contributed by atoms with Crippen molar-refractivity contribution in [1.29, 1.82) is 0 Å². The van der Waals surface area contributed by atoms with Crippen molar-refractivity contribution in [2.45, 2.75) is 44.9 Å². The number of amides is 1. The van der Waals surface area contributed by atoms with E-state index in [0.717, 1.165) is 36.0 Å². The lowest BCUT2D eigenvalue weighted by molar-refractivity contribution is -0.119. The molecule has 0 aliphatic heterocycles. The Morgan fingerprint density at radius 2 is 1.87 bits per heavy atom. The van der Waals surface area contributed by atoms with Crippen molar-refractivity contribution in [2.24, 2.45) is 0 Å². The second kappa shape index (κ2) is 8.67. The molecule has 1 atom stereocenters. The van der Waals surface area contributed by atoms with E-state index in [1.54, 1.807) is 6.92 Å². The highest BCUT2D eigenvalue weighted by atomic mass is 32.2. The summed E-state index contributed by atoms with van der Waals surface area (Å²) in [5, 5.41) is 2.91. The molecule has 0 fully saturated rings. The largest absolute Gasteiger partial charge is 0.441 e. The van der Waals surface area contributed by atoms with Crippen LogP contribution in [0.25, 0.3) is 11.5 Å². The van der Waals surface area contributed by atoms with Gasteiger partial charge in [-0.1, -0.05) is 42.0 Å². The molecule has 1 aromatic heterocycles. The fraction of sp³-hybridized carbons (Fsp3) is 0.333. The van der Waals surface area contributed by atoms with Gasteiger partial charge in [0.1, 0.15) is 11.5 Å². The van der Waals surface area contributed by atoms with E-state index in [9.17, 15) is 13.2 Å². The van der Waals surface area contributed by atoms with Crippen LogP contribution in [0.5, 0.6) is 0 Å². The summed E-state index contributed by atoms with van der Waals surface area (Å²) in [7, 11) is -3.69. The van der Waals surface area contributed by atoms with Crippen LogP contribution in [-0.4, -0.2) is 25.1 Å². The fourth-order valence-electron chi connectivity index (χ4n) is 3.98. The quantitative estimate of drug-likeness (QED) is 0.627. The lowest BCUT2D eigenvalue weighted by atomic mass is 9.88. The second-order valence-electron chi connectivity index (χ2n) is 8.13. The first kappa shape index (κ1) is 21.3. The summed E-state index contributed by atoms with van der Waals surface area (Å²) in [6.45, 7) is 3.67. The van der Waals surface area contributed by atoms with Gasteiger partial charge in [-0.15, -0.1) is 0 Å². The molecule has 7 heteroatoms. The molecule has 1 N–H and O–H groups in total. The van der Waals surface area contributed by atoms with Crippen molar-refractivity contribution in [3.63, 3.8) is 0 Å². The van der Waals surface area contributed by atoms with E-state index >= 15 is 0 Å². The van der Waals surface area contributed by atoms with Crippen LogP contribution in [0.3, 0.4) is 0 Å². The number of carbonyl (C=O) groups is 1. The van der Waals surface area contributed by atoms with Gasteiger partial charge < -0.3 is 9.73 Å². The van der Waals surface area contributed by atoms with Crippen molar-refractivity contribution in [3.8, 4) is 11.5 Å². The van der Waals surface area contributed by atoms with Gasteiger partial charge in [0.15, 0.2) is 9.84 Å². The number of nitrogens with zero attached hydrogens (tertiary/aromatic N) is 1. The van der Waals surface area contributed by atoms with Crippen LogP contribution in [0.15, 0.2) is 52.9 Å². The van der Waals surface area contributed by atoms with E-state index in [2.05, 4.69) is 16.4 Å². The van der Waals surface area contributed by atoms with Gasteiger partial charge in [-0.2, -0.15) is 0 Å². The monoisotopic (exact) mass is 438 g/mol. The van der Waals surface area contributed by atoms with Crippen LogP contribution in [0.1, 0.15) is 47.0 Å². The molecule has 4 rings (SSSR count).